The number of carboxylic acids is 1. The average molecular weight is 547 g/mol. The number of unbranched alkanes of at least 4 members (excludes halogenated alkanes) is 18. The Bertz CT molecular complexity index is 620. The Labute approximate surface area is 241 Å². The van der Waals surface area contributed by atoms with Crippen LogP contribution in [0.1, 0.15) is 167 Å². The van der Waals surface area contributed by atoms with Crippen LogP contribution in [0.25, 0.3) is 0 Å². The predicted octanol–water partition coefficient (Wildman–Crippen LogP) is 11.1. The summed E-state index contributed by atoms with van der Waals surface area (Å²) >= 11 is 0. The Balaban J connectivity index is 3.28. The first-order valence-electron chi connectivity index (χ1n) is 16.5. The molecule has 0 aromatic rings. The Kier molecular flexibility index (Phi) is 30.8. The summed E-state index contributed by atoms with van der Waals surface area (Å²) in [5, 5.41) is 8.62. The van der Waals surface area contributed by atoms with Gasteiger partial charge < -0.3 is 9.84 Å². The lowest BCUT2D eigenvalue weighted by atomic mass is 10.0. The summed E-state index contributed by atoms with van der Waals surface area (Å²) in [5.74, 6) is -0.704. The summed E-state index contributed by atoms with van der Waals surface area (Å²) < 4.78 is 5.39. The molecule has 0 radical (unpaired) electrons. The smallest absolute Gasteiger partial charge is 0.305 e. The SMILES string of the molecule is CCCCC/C=C\C/C=C\C/C=C\CCCCCCC(=O)OCCCCCCCCCCCCCCC(=O)O. The van der Waals surface area contributed by atoms with Crippen molar-refractivity contribution in [3.05, 3.63) is 36.5 Å². The molecule has 4 heteroatoms. The van der Waals surface area contributed by atoms with Gasteiger partial charge in [-0.25, -0.2) is 0 Å². The van der Waals surface area contributed by atoms with Crippen molar-refractivity contribution in [2.45, 2.75) is 167 Å². The number of allylic oxidation sites excluding steroid dienone is 6. The lowest BCUT2D eigenvalue weighted by Gasteiger charge is -2.05. The number of aliphatic carboxylic acids is 1. The second-order valence-electron chi connectivity index (χ2n) is 10.9. The van der Waals surface area contributed by atoms with Crippen LogP contribution in [0.5, 0.6) is 0 Å². The van der Waals surface area contributed by atoms with Gasteiger partial charge in [0.2, 0.25) is 0 Å². The van der Waals surface area contributed by atoms with Gasteiger partial charge in [-0.3, -0.25) is 9.59 Å². The molecule has 0 amide bonds. The molecule has 0 saturated carbocycles. The highest BCUT2D eigenvalue weighted by Crippen LogP contribution is 2.13. The molecule has 4 nitrogen and oxygen atoms in total. The molecule has 0 heterocycles. The van der Waals surface area contributed by atoms with E-state index in [4.69, 9.17) is 9.84 Å². The molecule has 0 fully saturated rings. The van der Waals surface area contributed by atoms with Gasteiger partial charge in [-0.15, -0.1) is 0 Å². The molecular weight excluding hydrogens is 484 g/mol. The topological polar surface area (TPSA) is 63.6 Å². The van der Waals surface area contributed by atoms with Crippen molar-refractivity contribution in [2.75, 3.05) is 6.61 Å². The zero-order valence-electron chi connectivity index (χ0n) is 25.5. The van der Waals surface area contributed by atoms with Crippen molar-refractivity contribution in [1.82, 2.24) is 0 Å². The normalized spacial score (nSPS) is 11.8. The molecule has 0 aliphatic heterocycles. The van der Waals surface area contributed by atoms with Gasteiger partial charge in [0.05, 0.1) is 6.61 Å². The highest BCUT2D eigenvalue weighted by molar-refractivity contribution is 5.69. The molecule has 0 unspecified atom stereocenters. The standard InChI is InChI=1S/C35H62O4/c1-2-3-4-5-6-7-8-9-10-11-12-13-17-20-23-26-29-32-35(38)39-33-30-27-24-21-18-15-14-16-19-22-25-28-31-34(36)37/h6-7,9-10,12-13H,2-5,8,11,14-33H2,1H3,(H,36,37)/b7-6-,10-9-,13-12-. The first-order chi connectivity index (χ1) is 19.2. The second-order valence-corrected chi connectivity index (χ2v) is 10.9. The van der Waals surface area contributed by atoms with Crippen molar-refractivity contribution < 1.29 is 19.4 Å². The Morgan fingerprint density at radius 1 is 0.513 bits per heavy atom. The Morgan fingerprint density at radius 2 is 0.923 bits per heavy atom. The third-order valence-electron chi connectivity index (χ3n) is 7.07. The summed E-state index contributed by atoms with van der Waals surface area (Å²) in [6, 6.07) is 0. The van der Waals surface area contributed by atoms with Gasteiger partial charge in [-0.2, -0.15) is 0 Å². The lowest BCUT2D eigenvalue weighted by Crippen LogP contribution is -2.05. The van der Waals surface area contributed by atoms with E-state index in [9.17, 15) is 9.59 Å². The van der Waals surface area contributed by atoms with Crippen LogP contribution in [-0.2, 0) is 14.3 Å². The van der Waals surface area contributed by atoms with E-state index in [2.05, 4.69) is 43.4 Å². The molecule has 0 aromatic heterocycles. The molecule has 0 rings (SSSR count). The van der Waals surface area contributed by atoms with Crippen molar-refractivity contribution >= 4 is 11.9 Å². The first-order valence-corrected chi connectivity index (χ1v) is 16.5. The van der Waals surface area contributed by atoms with E-state index in [1.54, 1.807) is 0 Å². The third kappa shape index (κ3) is 34.1. The molecule has 0 bridgehead atoms. The number of hydrogen-bond acceptors (Lipinski definition) is 3. The van der Waals surface area contributed by atoms with Crippen LogP contribution >= 0.6 is 0 Å². The molecule has 1 N–H and O–H groups in total. The van der Waals surface area contributed by atoms with Gasteiger partial charge in [-0.05, 0) is 57.8 Å². The number of esters is 1. The van der Waals surface area contributed by atoms with E-state index in [1.807, 2.05) is 0 Å². The van der Waals surface area contributed by atoms with Crippen LogP contribution in [0.3, 0.4) is 0 Å². The van der Waals surface area contributed by atoms with Crippen molar-refractivity contribution in [1.29, 1.82) is 0 Å². The van der Waals surface area contributed by atoms with Crippen molar-refractivity contribution in [2.24, 2.45) is 0 Å². The monoisotopic (exact) mass is 546 g/mol. The highest BCUT2D eigenvalue weighted by atomic mass is 16.5. The molecule has 0 spiro atoms. The average Bonchev–Trinajstić information content (AvgIpc) is 2.92. The Hall–Kier alpha value is -1.84. The maximum Gasteiger partial charge on any atom is 0.305 e. The van der Waals surface area contributed by atoms with Gasteiger partial charge in [-0.1, -0.05) is 133 Å². The predicted molar refractivity (Wildman–Crippen MR) is 167 cm³/mol. The van der Waals surface area contributed by atoms with Gasteiger partial charge in [0.15, 0.2) is 0 Å². The van der Waals surface area contributed by atoms with E-state index >= 15 is 0 Å². The Morgan fingerprint density at radius 3 is 1.44 bits per heavy atom. The first kappa shape index (κ1) is 37.2. The van der Waals surface area contributed by atoms with Gasteiger partial charge in [0, 0.05) is 12.8 Å². The van der Waals surface area contributed by atoms with Gasteiger partial charge >= 0.3 is 11.9 Å². The van der Waals surface area contributed by atoms with Crippen molar-refractivity contribution in [3.8, 4) is 0 Å². The summed E-state index contributed by atoms with van der Waals surface area (Å²) in [6.45, 7) is 2.82. The third-order valence-corrected chi connectivity index (χ3v) is 7.07. The number of carbonyl (C=O) groups excluding carboxylic acids is 1. The molecule has 0 aromatic carbocycles. The highest BCUT2D eigenvalue weighted by Gasteiger charge is 2.02. The van der Waals surface area contributed by atoms with Crippen molar-refractivity contribution in [3.63, 3.8) is 0 Å². The number of carbonyl (C=O) groups is 2. The van der Waals surface area contributed by atoms with E-state index in [0.717, 1.165) is 57.8 Å². The van der Waals surface area contributed by atoms with E-state index in [-0.39, 0.29) is 5.97 Å². The molecule has 0 aliphatic carbocycles. The largest absolute Gasteiger partial charge is 0.481 e. The van der Waals surface area contributed by atoms with E-state index < -0.39 is 5.97 Å². The fourth-order valence-electron chi connectivity index (χ4n) is 4.58. The van der Waals surface area contributed by atoms with Crippen LogP contribution in [0.4, 0.5) is 0 Å². The minimum atomic E-state index is -0.676. The summed E-state index contributed by atoms with van der Waals surface area (Å²) in [7, 11) is 0. The molecule has 0 saturated heterocycles. The zero-order valence-corrected chi connectivity index (χ0v) is 25.5. The van der Waals surface area contributed by atoms with Crippen LogP contribution in [-0.4, -0.2) is 23.7 Å². The van der Waals surface area contributed by atoms with E-state index in [1.165, 1.54) is 89.9 Å². The van der Waals surface area contributed by atoms with Gasteiger partial charge in [0.1, 0.15) is 0 Å². The maximum absolute atomic E-state index is 11.9. The van der Waals surface area contributed by atoms with E-state index in [0.29, 0.717) is 19.4 Å². The number of rotatable bonds is 30. The van der Waals surface area contributed by atoms with Crippen LogP contribution in [0.15, 0.2) is 36.5 Å². The molecule has 0 aliphatic rings. The fraction of sp³-hybridized carbons (Fsp3) is 0.771. The van der Waals surface area contributed by atoms with Gasteiger partial charge in [0.25, 0.3) is 0 Å². The number of ether oxygens (including phenoxy) is 1. The number of carboxylic acid groups (broad SMARTS) is 1. The zero-order chi connectivity index (χ0) is 28.5. The van der Waals surface area contributed by atoms with Crippen LogP contribution in [0, 0.1) is 0 Å². The van der Waals surface area contributed by atoms with Crippen LogP contribution < -0.4 is 0 Å². The summed E-state index contributed by atoms with van der Waals surface area (Å²) in [4.78, 5) is 22.3. The second kappa shape index (κ2) is 32.4. The summed E-state index contributed by atoms with van der Waals surface area (Å²) in [5.41, 5.74) is 0. The molecule has 39 heavy (non-hydrogen) atoms. The maximum atomic E-state index is 11.9. The molecule has 0 atom stereocenters. The lowest BCUT2D eigenvalue weighted by molar-refractivity contribution is -0.144. The fourth-order valence-corrected chi connectivity index (χ4v) is 4.58. The quantitative estimate of drug-likeness (QED) is 0.0553. The summed E-state index contributed by atoms with van der Waals surface area (Å²) in [6.07, 6.45) is 41.4. The number of hydrogen-bond donors (Lipinski definition) is 1. The van der Waals surface area contributed by atoms with Crippen LogP contribution in [0.2, 0.25) is 0 Å². The minimum Gasteiger partial charge on any atom is -0.481 e. The molecular formula is C35H62O4. The molecule has 226 valence electrons. The minimum absolute atomic E-state index is 0.0274.